The molecule has 0 aliphatic carbocycles. The van der Waals surface area contributed by atoms with Crippen LogP contribution in [0.1, 0.15) is 11.1 Å². The van der Waals surface area contributed by atoms with E-state index in [9.17, 15) is 8.42 Å². The third-order valence-electron chi connectivity index (χ3n) is 3.50. The summed E-state index contributed by atoms with van der Waals surface area (Å²) in [5.41, 5.74) is 2.50. The maximum Gasteiger partial charge on any atom is 0.256 e. The topological polar surface area (TPSA) is 62.0 Å². The molecule has 2 aromatic carbocycles. The van der Waals surface area contributed by atoms with E-state index in [-0.39, 0.29) is 11.6 Å². The standard InChI is InChI=1S/C16H16N2O2S/c1-12-14-9-5-6-10-15(14)18-16(12)21(19,20)17-11-13-7-3-2-4-8-13/h2-10,17-18H,11H2,1H3. The highest BCUT2D eigenvalue weighted by atomic mass is 32.2. The second-order valence-corrected chi connectivity index (χ2v) is 6.64. The molecule has 1 heterocycles. The van der Waals surface area contributed by atoms with Gasteiger partial charge in [0.2, 0.25) is 0 Å². The molecule has 21 heavy (non-hydrogen) atoms. The van der Waals surface area contributed by atoms with Gasteiger partial charge in [0, 0.05) is 17.4 Å². The predicted molar refractivity (Wildman–Crippen MR) is 83.5 cm³/mol. The van der Waals surface area contributed by atoms with Gasteiger partial charge in [-0.05, 0) is 24.1 Å². The average molecular weight is 300 g/mol. The number of hydrogen-bond acceptors (Lipinski definition) is 2. The number of H-pyrrole nitrogens is 1. The normalized spacial score (nSPS) is 11.9. The Morgan fingerprint density at radius 3 is 2.38 bits per heavy atom. The van der Waals surface area contributed by atoms with Gasteiger partial charge in [0.1, 0.15) is 0 Å². The zero-order valence-corrected chi connectivity index (χ0v) is 12.4. The third kappa shape index (κ3) is 2.70. The maximum absolute atomic E-state index is 12.5. The van der Waals surface area contributed by atoms with Crippen molar-refractivity contribution < 1.29 is 8.42 Å². The van der Waals surface area contributed by atoms with Crippen LogP contribution in [0, 0.1) is 6.92 Å². The van der Waals surface area contributed by atoms with Crippen LogP contribution in [-0.4, -0.2) is 13.4 Å². The molecule has 0 atom stereocenters. The van der Waals surface area contributed by atoms with Crippen LogP contribution in [0.5, 0.6) is 0 Å². The summed E-state index contributed by atoms with van der Waals surface area (Å²) in [4.78, 5) is 2.99. The van der Waals surface area contributed by atoms with Crippen molar-refractivity contribution in [3.8, 4) is 0 Å². The highest BCUT2D eigenvalue weighted by Gasteiger charge is 2.20. The summed E-state index contributed by atoms with van der Waals surface area (Å²) >= 11 is 0. The van der Waals surface area contributed by atoms with Gasteiger partial charge in [-0.1, -0.05) is 48.5 Å². The predicted octanol–water partition coefficient (Wildman–Crippen LogP) is 2.95. The number of aryl methyl sites for hydroxylation is 1. The van der Waals surface area contributed by atoms with Crippen molar-refractivity contribution >= 4 is 20.9 Å². The lowest BCUT2D eigenvalue weighted by atomic mass is 10.2. The molecule has 3 aromatic rings. The van der Waals surface area contributed by atoms with Gasteiger partial charge >= 0.3 is 0 Å². The molecule has 3 rings (SSSR count). The Labute approximate surface area is 123 Å². The van der Waals surface area contributed by atoms with Crippen molar-refractivity contribution in [2.75, 3.05) is 0 Å². The van der Waals surface area contributed by atoms with Crippen molar-refractivity contribution in [2.24, 2.45) is 0 Å². The fourth-order valence-electron chi connectivity index (χ4n) is 2.37. The molecule has 2 N–H and O–H groups in total. The highest BCUT2D eigenvalue weighted by molar-refractivity contribution is 7.89. The monoisotopic (exact) mass is 300 g/mol. The number of nitrogens with one attached hydrogen (secondary N) is 2. The van der Waals surface area contributed by atoms with Gasteiger partial charge in [-0.3, -0.25) is 0 Å². The summed E-state index contributed by atoms with van der Waals surface area (Å²) in [6.07, 6.45) is 0. The van der Waals surface area contributed by atoms with Crippen LogP contribution in [0.15, 0.2) is 59.6 Å². The Morgan fingerprint density at radius 1 is 1.00 bits per heavy atom. The molecule has 0 saturated carbocycles. The zero-order valence-electron chi connectivity index (χ0n) is 11.6. The molecule has 0 bridgehead atoms. The summed E-state index contributed by atoms with van der Waals surface area (Å²) in [7, 11) is -3.56. The Bertz CT molecular complexity index is 868. The first-order valence-corrected chi connectivity index (χ1v) is 8.17. The Hall–Kier alpha value is -2.11. The highest BCUT2D eigenvalue weighted by Crippen LogP contribution is 2.24. The smallest absolute Gasteiger partial charge is 0.256 e. The number of aromatic nitrogens is 1. The lowest BCUT2D eigenvalue weighted by Gasteiger charge is -2.06. The number of benzene rings is 2. The van der Waals surface area contributed by atoms with Crippen LogP contribution in [0.2, 0.25) is 0 Å². The summed E-state index contributed by atoms with van der Waals surface area (Å²) in [5.74, 6) is 0. The second-order valence-electron chi connectivity index (χ2n) is 4.93. The lowest BCUT2D eigenvalue weighted by molar-refractivity contribution is 0.577. The van der Waals surface area contributed by atoms with Gasteiger partial charge in [-0.25, -0.2) is 13.1 Å². The van der Waals surface area contributed by atoms with Crippen LogP contribution >= 0.6 is 0 Å². The molecule has 0 spiro atoms. The van der Waals surface area contributed by atoms with E-state index in [1.807, 2.05) is 61.5 Å². The van der Waals surface area contributed by atoms with E-state index in [0.717, 1.165) is 22.0 Å². The molecule has 5 heteroatoms. The van der Waals surface area contributed by atoms with Crippen molar-refractivity contribution in [1.29, 1.82) is 0 Å². The van der Waals surface area contributed by atoms with Crippen LogP contribution in [0.4, 0.5) is 0 Å². The summed E-state index contributed by atoms with van der Waals surface area (Å²) in [5, 5.41) is 1.16. The Balaban J connectivity index is 1.91. The number of hydrogen-bond donors (Lipinski definition) is 2. The molecule has 4 nitrogen and oxygen atoms in total. The molecule has 0 amide bonds. The molecular weight excluding hydrogens is 284 g/mol. The summed E-state index contributed by atoms with van der Waals surface area (Å²) in [6, 6.07) is 17.0. The molecule has 0 unspecified atom stereocenters. The molecule has 0 aliphatic rings. The minimum Gasteiger partial charge on any atom is -0.344 e. The van der Waals surface area contributed by atoms with Gasteiger partial charge in [-0.2, -0.15) is 0 Å². The fourth-order valence-corrected chi connectivity index (χ4v) is 3.63. The number of fused-ring (bicyclic) bond motifs is 1. The van der Waals surface area contributed by atoms with Crippen molar-refractivity contribution in [1.82, 2.24) is 9.71 Å². The van der Waals surface area contributed by atoms with Crippen LogP contribution < -0.4 is 4.72 Å². The van der Waals surface area contributed by atoms with E-state index < -0.39 is 10.0 Å². The first-order valence-electron chi connectivity index (χ1n) is 6.69. The zero-order chi connectivity index (χ0) is 14.9. The number of rotatable bonds is 4. The minimum absolute atomic E-state index is 0.236. The molecule has 0 radical (unpaired) electrons. The largest absolute Gasteiger partial charge is 0.344 e. The summed E-state index contributed by atoms with van der Waals surface area (Å²) in [6.45, 7) is 2.09. The molecule has 1 aromatic heterocycles. The lowest BCUT2D eigenvalue weighted by Crippen LogP contribution is -2.24. The fraction of sp³-hybridized carbons (Fsp3) is 0.125. The second kappa shape index (κ2) is 5.35. The van der Waals surface area contributed by atoms with Crippen LogP contribution in [0.25, 0.3) is 10.9 Å². The van der Waals surface area contributed by atoms with E-state index in [4.69, 9.17) is 0 Å². The van der Waals surface area contributed by atoms with Gasteiger partial charge in [0.05, 0.1) is 0 Å². The minimum atomic E-state index is -3.56. The van der Waals surface area contributed by atoms with Gasteiger partial charge in [0.15, 0.2) is 5.03 Å². The summed E-state index contributed by atoms with van der Waals surface area (Å²) < 4.78 is 27.5. The number of sulfonamides is 1. The molecule has 0 saturated heterocycles. The van der Waals surface area contributed by atoms with Gasteiger partial charge in [0.25, 0.3) is 10.0 Å². The van der Waals surface area contributed by atoms with E-state index in [1.165, 1.54) is 0 Å². The SMILES string of the molecule is Cc1c(S(=O)(=O)NCc2ccccc2)[nH]c2ccccc12. The van der Waals surface area contributed by atoms with Crippen molar-refractivity contribution in [2.45, 2.75) is 18.5 Å². The van der Waals surface area contributed by atoms with E-state index in [0.29, 0.717) is 0 Å². The first kappa shape index (κ1) is 13.9. The third-order valence-corrected chi connectivity index (χ3v) is 4.97. The number of aromatic amines is 1. The quantitative estimate of drug-likeness (QED) is 0.778. The van der Waals surface area contributed by atoms with E-state index in [1.54, 1.807) is 0 Å². The van der Waals surface area contributed by atoms with Gasteiger partial charge < -0.3 is 4.98 Å². The molecular formula is C16H16N2O2S. The van der Waals surface area contributed by atoms with Crippen LogP contribution in [-0.2, 0) is 16.6 Å². The number of para-hydroxylation sites is 1. The van der Waals surface area contributed by atoms with Crippen LogP contribution in [0.3, 0.4) is 0 Å². The van der Waals surface area contributed by atoms with E-state index >= 15 is 0 Å². The van der Waals surface area contributed by atoms with E-state index in [2.05, 4.69) is 9.71 Å². The molecule has 108 valence electrons. The average Bonchev–Trinajstić information content (AvgIpc) is 2.85. The van der Waals surface area contributed by atoms with Crippen molar-refractivity contribution in [3.63, 3.8) is 0 Å². The molecule has 0 fully saturated rings. The Kier molecular flexibility index (Phi) is 3.53. The Morgan fingerprint density at radius 2 is 1.67 bits per heavy atom. The van der Waals surface area contributed by atoms with Crippen molar-refractivity contribution in [3.05, 3.63) is 65.7 Å². The molecule has 0 aliphatic heterocycles. The van der Waals surface area contributed by atoms with Gasteiger partial charge in [-0.15, -0.1) is 0 Å². The first-order chi connectivity index (χ1) is 10.1. The maximum atomic E-state index is 12.5.